The monoisotopic (exact) mass is 378 g/mol. The van der Waals surface area contributed by atoms with Gasteiger partial charge in [0.05, 0.1) is 18.5 Å². The molecule has 0 bridgehead atoms. The molecule has 0 amide bonds. The molecule has 0 radical (unpaired) electrons. The number of fused-ring (bicyclic) bond motifs is 2. The van der Waals surface area contributed by atoms with Gasteiger partial charge in [0.1, 0.15) is 6.04 Å². The van der Waals surface area contributed by atoms with Gasteiger partial charge in [0.25, 0.3) is 5.56 Å². The van der Waals surface area contributed by atoms with Crippen LogP contribution in [0.3, 0.4) is 0 Å². The van der Waals surface area contributed by atoms with Gasteiger partial charge in [-0.3, -0.25) is 9.36 Å². The fourth-order valence-corrected chi connectivity index (χ4v) is 4.13. The van der Waals surface area contributed by atoms with Crippen LogP contribution < -0.4 is 11.3 Å². The summed E-state index contributed by atoms with van der Waals surface area (Å²) < 4.78 is 6.18. The van der Waals surface area contributed by atoms with Crippen LogP contribution in [-0.2, 0) is 16.0 Å². The minimum atomic E-state index is -0.737. The molecule has 5 nitrogen and oxygen atoms in total. The van der Waals surface area contributed by atoms with Gasteiger partial charge in [-0.05, 0) is 21.9 Å². The number of nitrogens with two attached hydrogens (primary N) is 1. The van der Waals surface area contributed by atoms with Crippen molar-refractivity contribution >= 4 is 39.5 Å². The van der Waals surface area contributed by atoms with Crippen LogP contribution in [0.5, 0.6) is 0 Å². The Balaban J connectivity index is 1.83. The maximum atomic E-state index is 12.8. The van der Waals surface area contributed by atoms with E-state index in [1.165, 1.54) is 17.7 Å². The van der Waals surface area contributed by atoms with Gasteiger partial charge in [0.2, 0.25) is 0 Å². The number of aromatic nitrogens is 1. The van der Waals surface area contributed by atoms with E-state index in [-0.39, 0.29) is 12.0 Å². The van der Waals surface area contributed by atoms with E-state index in [2.05, 4.69) is 18.2 Å². The zero-order valence-corrected chi connectivity index (χ0v) is 15.6. The number of methoxy groups -OCH3 is 1. The molecule has 1 aromatic heterocycles. The fourth-order valence-electron chi connectivity index (χ4n) is 3.77. The normalized spacial score (nSPS) is 15.7. The number of ether oxygens (including phenoxy) is 1. The van der Waals surface area contributed by atoms with E-state index in [9.17, 15) is 9.59 Å². The summed E-state index contributed by atoms with van der Waals surface area (Å²) in [7, 11) is 1.30. The highest BCUT2D eigenvalue weighted by molar-refractivity contribution is 7.80. The molecular formula is C21H18N2O3S. The van der Waals surface area contributed by atoms with E-state index in [0.717, 1.165) is 21.9 Å². The lowest BCUT2D eigenvalue weighted by molar-refractivity contribution is -0.144. The number of carbonyl (C=O) groups is 1. The molecule has 136 valence electrons. The van der Waals surface area contributed by atoms with Gasteiger partial charge >= 0.3 is 5.97 Å². The van der Waals surface area contributed by atoms with Crippen molar-refractivity contribution in [3.8, 4) is 0 Å². The molecule has 0 unspecified atom stereocenters. The molecule has 4 rings (SSSR count). The number of hydrogen-bond acceptors (Lipinski definition) is 5. The molecule has 2 N–H and O–H groups in total. The number of rotatable bonds is 3. The largest absolute Gasteiger partial charge is 0.467 e. The smallest absolute Gasteiger partial charge is 0.329 e. The summed E-state index contributed by atoms with van der Waals surface area (Å²) >= 11 is 5.42. The SMILES string of the molecule is COC(=O)[C@H]1CC(=S)c2c(N)c(Cc3cccc4ccccc34)cc(=O)n21. The van der Waals surface area contributed by atoms with Crippen molar-refractivity contribution in [1.82, 2.24) is 4.57 Å². The standard InChI is InChI=1S/C21H18N2O3S/c1-26-21(25)16-11-17(27)20-19(22)14(10-18(24)23(16)20)9-13-7-4-6-12-5-2-3-8-15(12)13/h2-8,10,16H,9,11,22H2,1H3/t16-/m1/s1. The Bertz CT molecular complexity index is 1140. The highest BCUT2D eigenvalue weighted by Crippen LogP contribution is 2.32. The van der Waals surface area contributed by atoms with Crippen LogP contribution in [0.4, 0.5) is 5.69 Å². The number of pyridine rings is 1. The van der Waals surface area contributed by atoms with Crippen LogP contribution in [0, 0.1) is 0 Å². The Kier molecular flexibility index (Phi) is 4.28. The first-order valence-electron chi connectivity index (χ1n) is 8.63. The Morgan fingerprint density at radius 1 is 1.22 bits per heavy atom. The lowest BCUT2D eigenvalue weighted by Gasteiger charge is -2.15. The zero-order chi connectivity index (χ0) is 19.1. The molecule has 6 heteroatoms. The first kappa shape index (κ1) is 17.4. The Morgan fingerprint density at radius 2 is 1.96 bits per heavy atom. The van der Waals surface area contributed by atoms with Crippen molar-refractivity contribution < 1.29 is 9.53 Å². The van der Waals surface area contributed by atoms with Crippen molar-refractivity contribution in [3.05, 3.63) is 75.7 Å². The zero-order valence-electron chi connectivity index (χ0n) is 14.8. The third kappa shape index (κ3) is 2.82. The number of anilines is 1. The van der Waals surface area contributed by atoms with Gasteiger partial charge in [0.15, 0.2) is 0 Å². The van der Waals surface area contributed by atoms with Gasteiger partial charge in [-0.15, -0.1) is 0 Å². The second-order valence-electron chi connectivity index (χ2n) is 6.62. The molecule has 0 spiro atoms. The van der Waals surface area contributed by atoms with Crippen LogP contribution in [0.25, 0.3) is 10.8 Å². The minimum Gasteiger partial charge on any atom is -0.467 e. The number of thiocarbonyl (C=S) groups is 1. The van der Waals surface area contributed by atoms with E-state index >= 15 is 0 Å². The van der Waals surface area contributed by atoms with Crippen LogP contribution >= 0.6 is 12.2 Å². The average molecular weight is 378 g/mol. The molecule has 1 atom stereocenters. The van der Waals surface area contributed by atoms with E-state index in [1.807, 2.05) is 24.3 Å². The Labute approximate surface area is 161 Å². The van der Waals surface area contributed by atoms with Gasteiger partial charge in [-0.25, -0.2) is 4.79 Å². The van der Waals surface area contributed by atoms with Crippen LogP contribution in [0.15, 0.2) is 53.3 Å². The van der Waals surface area contributed by atoms with E-state index < -0.39 is 12.0 Å². The van der Waals surface area contributed by atoms with Crippen LogP contribution in [0.1, 0.15) is 29.3 Å². The summed E-state index contributed by atoms with van der Waals surface area (Å²) in [5.74, 6) is -0.487. The van der Waals surface area contributed by atoms with Crippen molar-refractivity contribution in [1.29, 1.82) is 0 Å². The number of esters is 1. The first-order chi connectivity index (χ1) is 13.0. The molecule has 0 saturated carbocycles. The number of benzene rings is 2. The van der Waals surface area contributed by atoms with Crippen LogP contribution in [-0.4, -0.2) is 22.5 Å². The van der Waals surface area contributed by atoms with Gasteiger partial charge < -0.3 is 10.5 Å². The molecule has 2 aromatic carbocycles. The van der Waals surface area contributed by atoms with Crippen molar-refractivity contribution in [2.75, 3.05) is 12.8 Å². The maximum absolute atomic E-state index is 12.8. The van der Waals surface area contributed by atoms with Gasteiger partial charge in [0, 0.05) is 23.8 Å². The molecule has 0 fully saturated rings. The summed E-state index contributed by atoms with van der Waals surface area (Å²) in [6.45, 7) is 0. The molecule has 0 aliphatic carbocycles. The predicted molar refractivity (Wildman–Crippen MR) is 109 cm³/mol. The molecule has 1 aliphatic rings. The molecule has 2 heterocycles. The van der Waals surface area contributed by atoms with E-state index in [1.54, 1.807) is 0 Å². The van der Waals surface area contributed by atoms with Crippen molar-refractivity contribution in [2.45, 2.75) is 18.9 Å². The summed E-state index contributed by atoms with van der Waals surface area (Å²) in [5, 5.41) is 2.25. The number of nitrogen functional groups attached to an aromatic ring is 1. The van der Waals surface area contributed by atoms with Crippen molar-refractivity contribution in [2.24, 2.45) is 0 Å². The van der Waals surface area contributed by atoms with Crippen molar-refractivity contribution in [3.63, 3.8) is 0 Å². The maximum Gasteiger partial charge on any atom is 0.329 e. The molecular weight excluding hydrogens is 360 g/mol. The van der Waals surface area contributed by atoms with Gasteiger partial charge in [-0.2, -0.15) is 0 Å². The molecule has 0 saturated heterocycles. The predicted octanol–water partition coefficient (Wildman–Crippen LogP) is 3.01. The number of nitrogens with zero attached hydrogens (tertiary/aromatic N) is 1. The number of carbonyl (C=O) groups excluding carboxylic acids is 1. The second kappa shape index (κ2) is 6.63. The van der Waals surface area contributed by atoms with E-state index in [0.29, 0.717) is 22.7 Å². The third-order valence-corrected chi connectivity index (χ3v) is 5.43. The third-order valence-electron chi connectivity index (χ3n) is 5.07. The minimum absolute atomic E-state index is 0.263. The van der Waals surface area contributed by atoms with E-state index in [4.69, 9.17) is 22.7 Å². The number of hydrogen-bond donors (Lipinski definition) is 1. The summed E-state index contributed by atoms with van der Waals surface area (Å²) in [6.07, 6.45) is 0.779. The Morgan fingerprint density at radius 3 is 2.74 bits per heavy atom. The molecule has 27 heavy (non-hydrogen) atoms. The highest BCUT2D eigenvalue weighted by atomic mass is 32.1. The fraction of sp³-hybridized carbons (Fsp3) is 0.190. The Hall–Kier alpha value is -2.99. The van der Waals surface area contributed by atoms with Crippen LogP contribution in [0.2, 0.25) is 0 Å². The summed E-state index contributed by atoms with van der Waals surface area (Å²) in [6, 6.07) is 14.9. The summed E-state index contributed by atoms with van der Waals surface area (Å²) in [5.41, 5.74) is 8.83. The first-order valence-corrected chi connectivity index (χ1v) is 9.03. The lowest BCUT2D eigenvalue weighted by atomic mass is 9.97. The highest BCUT2D eigenvalue weighted by Gasteiger charge is 2.35. The quantitative estimate of drug-likeness (QED) is 0.560. The molecule has 3 aromatic rings. The average Bonchev–Trinajstić information content (AvgIpc) is 3.03. The lowest BCUT2D eigenvalue weighted by Crippen LogP contribution is -2.29. The second-order valence-corrected chi connectivity index (χ2v) is 7.11. The molecule has 1 aliphatic heterocycles. The summed E-state index contributed by atoms with van der Waals surface area (Å²) in [4.78, 5) is 25.3. The van der Waals surface area contributed by atoms with Gasteiger partial charge in [-0.1, -0.05) is 54.7 Å². The topological polar surface area (TPSA) is 74.3 Å².